The molecule has 0 fully saturated rings. The van der Waals surface area contributed by atoms with Crippen LogP contribution in [-0.2, 0) is 0 Å². The molecular weight excluding hydrogens is 310 g/mol. The van der Waals surface area contributed by atoms with Gasteiger partial charge in [0.1, 0.15) is 0 Å². The molecule has 3 rings (SSSR count). The molecule has 3 amide bonds. The predicted molar refractivity (Wildman–Crippen MR) is 90.5 cm³/mol. The Labute approximate surface area is 137 Å². The lowest BCUT2D eigenvalue weighted by Crippen LogP contribution is -2.24. The summed E-state index contributed by atoms with van der Waals surface area (Å²) in [5, 5.41) is 2.62. The Kier molecular flexibility index (Phi) is 3.37. The van der Waals surface area contributed by atoms with E-state index in [-0.39, 0.29) is 22.4 Å². The zero-order valence-corrected chi connectivity index (χ0v) is 12.8. The summed E-state index contributed by atoms with van der Waals surface area (Å²) in [7, 11) is 1.37. The smallest absolute Gasteiger partial charge is 0.263 e. The van der Waals surface area contributed by atoms with Crippen LogP contribution in [0.3, 0.4) is 0 Å². The number of amides is 3. The van der Waals surface area contributed by atoms with E-state index in [2.05, 4.69) is 5.32 Å². The second-order valence-corrected chi connectivity index (χ2v) is 5.50. The molecule has 0 bridgehead atoms. The molecule has 2 aromatic carbocycles. The van der Waals surface area contributed by atoms with Crippen molar-refractivity contribution < 1.29 is 14.4 Å². The molecule has 0 unspecified atom stereocenters. The Morgan fingerprint density at radius 2 is 1.58 bits per heavy atom. The van der Waals surface area contributed by atoms with Gasteiger partial charge in [0.25, 0.3) is 17.7 Å². The third-order valence-corrected chi connectivity index (χ3v) is 3.72. The van der Waals surface area contributed by atoms with E-state index in [0.29, 0.717) is 17.1 Å². The SMILES string of the molecule is CN1C(=O)c2cc(NC(=O)c3cc(N)cc(N)c3)cc(N)c2C1=O. The lowest BCUT2D eigenvalue weighted by molar-refractivity contribution is 0.0693. The second kappa shape index (κ2) is 5.27. The van der Waals surface area contributed by atoms with Crippen molar-refractivity contribution in [3.8, 4) is 0 Å². The first-order chi connectivity index (χ1) is 11.3. The van der Waals surface area contributed by atoms with Crippen LogP contribution in [0.15, 0.2) is 30.3 Å². The normalized spacial score (nSPS) is 13.1. The zero-order valence-electron chi connectivity index (χ0n) is 12.8. The minimum atomic E-state index is -0.467. The average Bonchev–Trinajstić information content (AvgIpc) is 2.71. The number of nitrogens with one attached hydrogen (secondary N) is 1. The van der Waals surface area contributed by atoms with Crippen molar-refractivity contribution in [3.63, 3.8) is 0 Å². The molecule has 2 aromatic rings. The number of anilines is 4. The summed E-state index contributed by atoms with van der Waals surface area (Å²) in [6.07, 6.45) is 0. The van der Waals surface area contributed by atoms with E-state index in [1.807, 2.05) is 0 Å². The highest BCUT2D eigenvalue weighted by Crippen LogP contribution is 2.30. The Morgan fingerprint density at radius 1 is 0.958 bits per heavy atom. The topological polar surface area (TPSA) is 145 Å². The Balaban J connectivity index is 1.95. The van der Waals surface area contributed by atoms with Crippen LogP contribution >= 0.6 is 0 Å². The van der Waals surface area contributed by atoms with Gasteiger partial charge in [0.05, 0.1) is 11.1 Å². The zero-order chi connectivity index (χ0) is 17.6. The highest BCUT2D eigenvalue weighted by atomic mass is 16.2. The molecule has 8 nitrogen and oxygen atoms in total. The summed E-state index contributed by atoms with van der Waals surface area (Å²) in [6, 6.07) is 7.33. The van der Waals surface area contributed by atoms with Crippen LogP contribution in [0.5, 0.6) is 0 Å². The fraction of sp³-hybridized carbons (Fsp3) is 0.0625. The van der Waals surface area contributed by atoms with E-state index in [9.17, 15) is 14.4 Å². The monoisotopic (exact) mass is 325 g/mol. The first kappa shape index (κ1) is 15.3. The van der Waals surface area contributed by atoms with Gasteiger partial charge >= 0.3 is 0 Å². The number of nitrogens with zero attached hydrogens (tertiary/aromatic N) is 1. The molecule has 0 aliphatic carbocycles. The van der Waals surface area contributed by atoms with Gasteiger partial charge in [-0.1, -0.05) is 0 Å². The average molecular weight is 325 g/mol. The summed E-state index contributed by atoms with van der Waals surface area (Å²) in [5.74, 6) is -1.39. The highest BCUT2D eigenvalue weighted by Gasteiger charge is 2.35. The first-order valence-electron chi connectivity index (χ1n) is 7.01. The molecule has 8 heteroatoms. The summed E-state index contributed by atoms with van der Waals surface area (Å²) in [4.78, 5) is 37.3. The number of nitrogens with two attached hydrogens (primary N) is 3. The van der Waals surface area contributed by atoms with Gasteiger partial charge in [0.2, 0.25) is 0 Å². The lowest BCUT2D eigenvalue weighted by Gasteiger charge is -2.09. The van der Waals surface area contributed by atoms with E-state index in [0.717, 1.165) is 4.90 Å². The van der Waals surface area contributed by atoms with Crippen LogP contribution in [0, 0.1) is 0 Å². The van der Waals surface area contributed by atoms with Crippen LogP contribution in [0.25, 0.3) is 0 Å². The van der Waals surface area contributed by atoms with Gasteiger partial charge in [-0.05, 0) is 30.3 Å². The van der Waals surface area contributed by atoms with Crippen molar-refractivity contribution in [3.05, 3.63) is 47.0 Å². The number of imide groups is 1. The van der Waals surface area contributed by atoms with Gasteiger partial charge in [0, 0.05) is 35.4 Å². The molecule has 122 valence electrons. The quantitative estimate of drug-likeness (QED) is 0.477. The molecule has 1 aliphatic rings. The molecule has 0 radical (unpaired) electrons. The van der Waals surface area contributed by atoms with Crippen molar-refractivity contribution in [1.29, 1.82) is 0 Å². The maximum absolute atomic E-state index is 12.3. The molecular formula is C16H15N5O3. The maximum Gasteiger partial charge on any atom is 0.263 e. The first-order valence-corrected chi connectivity index (χ1v) is 7.01. The van der Waals surface area contributed by atoms with Gasteiger partial charge in [-0.25, -0.2) is 0 Å². The second-order valence-electron chi connectivity index (χ2n) is 5.50. The van der Waals surface area contributed by atoms with Crippen LogP contribution in [0.4, 0.5) is 22.7 Å². The maximum atomic E-state index is 12.3. The molecule has 0 aromatic heterocycles. The van der Waals surface area contributed by atoms with E-state index >= 15 is 0 Å². The van der Waals surface area contributed by atoms with E-state index in [4.69, 9.17) is 17.2 Å². The highest BCUT2D eigenvalue weighted by molar-refractivity contribution is 6.24. The van der Waals surface area contributed by atoms with Crippen LogP contribution in [0.1, 0.15) is 31.1 Å². The van der Waals surface area contributed by atoms with Gasteiger partial charge in [-0.15, -0.1) is 0 Å². The number of nitrogen functional groups attached to an aromatic ring is 3. The predicted octanol–water partition coefficient (Wildman–Crippen LogP) is 0.911. The largest absolute Gasteiger partial charge is 0.399 e. The molecule has 7 N–H and O–H groups in total. The standard InChI is InChI=1S/C16H15N5O3/c1-21-15(23)11-5-10(6-12(19)13(11)16(21)24)20-14(22)7-2-8(17)4-9(18)3-7/h2-6H,17-19H2,1H3,(H,20,22). The Bertz CT molecular complexity index is 887. The number of benzene rings is 2. The van der Waals surface area contributed by atoms with Crippen LogP contribution in [0.2, 0.25) is 0 Å². The van der Waals surface area contributed by atoms with Gasteiger partial charge < -0.3 is 22.5 Å². The van der Waals surface area contributed by atoms with Crippen molar-refractivity contribution in [1.82, 2.24) is 4.90 Å². The van der Waals surface area contributed by atoms with E-state index in [1.54, 1.807) is 0 Å². The van der Waals surface area contributed by atoms with Crippen LogP contribution in [-0.4, -0.2) is 29.7 Å². The number of carbonyl (C=O) groups is 3. The molecule has 0 spiro atoms. The summed E-state index contributed by atoms with van der Waals surface area (Å²) in [6.45, 7) is 0. The summed E-state index contributed by atoms with van der Waals surface area (Å²) in [5.41, 5.74) is 18.9. The van der Waals surface area contributed by atoms with Crippen molar-refractivity contribution in [2.45, 2.75) is 0 Å². The van der Waals surface area contributed by atoms with Gasteiger partial charge in [-0.2, -0.15) is 0 Å². The molecule has 1 heterocycles. The fourth-order valence-corrected chi connectivity index (χ4v) is 2.60. The molecule has 0 atom stereocenters. The number of rotatable bonds is 2. The Morgan fingerprint density at radius 3 is 2.21 bits per heavy atom. The van der Waals surface area contributed by atoms with E-state index in [1.165, 1.54) is 37.4 Å². The van der Waals surface area contributed by atoms with E-state index < -0.39 is 17.7 Å². The van der Waals surface area contributed by atoms with Crippen LogP contribution < -0.4 is 22.5 Å². The molecule has 24 heavy (non-hydrogen) atoms. The minimum absolute atomic E-state index is 0.123. The van der Waals surface area contributed by atoms with Gasteiger partial charge in [-0.3, -0.25) is 19.3 Å². The lowest BCUT2D eigenvalue weighted by atomic mass is 10.1. The third kappa shape index (κ3) is 2.39. The van der Waals surface area contributed by atoms with Gasteiger partial charge in [0.15, 0.2) is 0 Å². The van der Waals surface area contributed by atoms with Crippen molar-refractivity contribution in [2.24, 2.45) is 0 Å². The third-order valence-electron chi connectivity index (χ3n) is 3.72. The van der Waals surface area contributed by atoms with Crippen molar-refractivity contribution in [2.75, 3.05) is 29.6 Å². The number of fused-ring (bicyclic) bond motifs is 1. The number of hydrogen-bond acceptors (Lipinski definition) is 6. The Hall–Kier alpha value is -3.55. The summed E-state index contributed by atoms with van der Waals surface area (Å²) < 4.78 is 0. The fourth-order valence-electron chi connectivity index (χ4n) is 2.60. The molecule has 0 saturated carbocycles. The molecule has 1 aliphatic heterocycles. The molecule has 0 saturated heterocycles. The number of carbonyl (C=O) groups excluding carboxylic acids is 3. The minimum Gasteiger partial charge on any atom is -0.399 e. The van der Waals surface area contributed by atoms with Crippen molar-refractivity contribution >= 4 is 40.5 Å². The number of hydrogen-bond donors (Lipinski definition) is 4. The summed E-state index contributed by atoms with van der Waals surface area (Å²) >= 11 is 0.